The number of amidine groups is 1. The molecule has 1 aromatic carbocycles. The summed E-state index contributed by atoms with van der Waals surface area (Å²) in [4.78, 5) is 42.9. The summed E-state index contributed by atoms with van der Waals surface area (Å²) in [5.74, 6) is 0.0579. The molecule has 3 heterocycles. The molecule has 0 aliphatic rings. The van der Waals surface area contributed by atoms with Gasteiger partial charge >= 0.3 is 5.97 Å². The fourth-order valence-corrected chi connectivity index (χ4v) is 3.47. The first-order valence-corrected chi connectivity index (χ1v) is 10.6. The molecule has 0 spiro atoms. The molecule has 0 saturated carbocycles. The number of nitrogens with zero attached hydrogens (tertiary/aromatic N) is 6. The first-order chi connectivity index (χ1) is 16.8. The van der Waals surface area contributed by atoms with Crippen molar-refractivity contribution in [2.75, 3.05) is 16.8 Å². The smallest absolute Gasteiger partial charge is 0.305 e. The Kier molecular flexibility index (Phi) is 6.62. The van der Waals surface area contributed by atoms with Crippen LogP contribution in [-0.2, 0) is 18.4 Å². The zero-order valence-corrected chi connectivity index (χ0v) is 18.8. The van der Waals surface area contributed by atoms with Gasteiger partial charge in [0.2, 0.25) is 0 Å². The van der Waals surface area contributed by atoms with E-state index in [0.717, 1.165) is 5.52 Å². The van der Waals surface area contributed by atoms with Crippen LogP contribution in [0.5, 0.6) is 0 Å². The highest BCUT2D eigenvalue weighted by atomic mass is 16.4. The van der Waals surface area contributed by atoms with Gasteiger partial charge in [-0.1, -0.05) is 6.07 Å². The average Bonchev–Trinajstić information content (AvgIpc) is 3.18. The molecule has 0 radical (unpaired) electrons. The van der Waals surface area contributed by atoms with Gasteiger partial charge in [0.05, 0.1) is 36.4 Å². The van der Waals surface area contributed by atoms with Gasteiger partial charge in [-0.25, -0.2) is 19.9 Å². The fourth-order valence-electron chi connectivity index (χ4n) is 3.47. The standard InChI is InChI=1S/C23H23N9O3/c1-31-17-6-5-14(23(35)32(9-7-21(33)34)19-4-2-3-8-26-19)10-15(17)30-20(31)13-29-18-12-27-16(11-28-18)22(24)25/h2-6,8,10-12H,7,9,13H2,1H3,(H3,24,25)(H,28,29)(H,33,34). The van der Waals surface area contributed by atoms with E-state index < -0.39 is 5.97 Å². The van der Waals surface area contributed by atoms with Crippen molar-refractivity contribution in [3.05, 3.63) is 72.1 Å². The number of aromatic nitrogens is 5. The number of pyridine rings is 1. The summed E-state index contributed by atoms with van der Waals surface area (Å²) >= 11 is 0. The second-order valence-corrected chi connectivity index (χ2v) is 7.63. The van der Waals surface area contributed by atoms with Gasteiger partial charge in [0.1, 0.15) is 29.0 Å². The SMILES string of the molecule is Cn1c(CNc2cnc(C(=N)N)cn2)nc2cc(C(=O)N(CCC(=O)O)c3ccccn3)ccc21. The number of benzene rings is 1. The summed E-state index contributed by atoms with van der Waals surface area (Å²) in [6.07, 6.45) is 4.24. The number of rotatable bonds is 9. The number of carboxylic acid groups (broad SMARTS) is 1. The van der Waals surface area contributed by atoms with Gasteiger partial charge in [-0.3, -0.25) is 19.9 Å². The lowest BCUT2D eigenvalue weighted by atomic mass is 10.1. The maximum atomic E-state index is 13.3. The molecule has 0 bridgehead atoms. The van der Waals surface area contributed by atoms with E-state index in [-0.39, 0.29) is 24.7 Å². The van der Waals surface area contributed by atoms with Crippen molar-refractivity contribution in [1.29, 1.82) is 5.41 Å². The summed E-state index contributed by atoms with van der Waals surface area (Å²) in [6, 6.07) is 10.3. The lowest BCUT2D eigenvalue weighted by molar-refractivity contribution is -0.136. The molecule has 0 fully saturated rings. The fraction of sp³-hybridized carbons (Fsp3) is 0.174. The molecule has 1 amide bonds. The molecular formula is C23H23N9O3. The normalized spacial score (nSPS) is 10.8. The Morgan fingerprint density at radius 1 is 1.17 bits per heavy atom. The summed E-state index contributed by atoms with van der Waals surface area (Å²) < 4.78 is 1.90. The summed E-state index contributed by atoms with van der Waals surface area (Å²) in [7, 11) is 1.87. The van der Waals surface area contributed by atoms with Crippen LogP contribution in [-0.4, -0.2) is 53.9 Å². The van der Waals surface area contributed by atoms with Crippen molar-refractivity contribution in [3.63, 3.8) is 0 Å². The van der Waals surface area contributed by atoms with Gasteiger partial charge in [-0.05, 0) is 30.3 Å². The molecule has 178 valence electrons. The highest BCUT2D eigenvalue weighted by Gasteiger charge is 2.21. The Morgan fingerprint density at radius 2 is 2.00 bits per heavy atom. The number of imidazole rings is 1. The van der Waals surface area contributed by atoms with Gasteiger partial charge in [0.15, 0.2) is 0 Å². The second-order valence-electron chi connectivity index (χ2n) is 7.63. The van der Waals surface area contributed by atoms with E-state index in [1.807, 2.05) is 11.6 Å². The average molecular weight is 473 g/mol. The van der Waals surface area contributed by atoms with Crippen molar-refractivity contribution in [2.24, 2.45) is 12.8 Å². The Morgan fingerprint density at radius 3 is 2.66 bits per heavy atom. The molecule has 0 saturated heterocycles. The van der Waals surface area contributed by atoms with Crippen LogP contribution >= 0.6 is 0 Å². The molecule has 0 aliphatic carbocycles. The molecule has 3 aromatic heterocycles. The van der Waals surface area contributed by atoms with E-state index in [4.69, 9.17) is 16.2 Å². The first-order valence-electron chi connectivity index (χ1n) is 10.6. The molecule has 12 nitrogen and oxygen atoms in total. The zero-order chi connectivity index (χ0) is 24.9. The molecule has 12 heteroatoms. The third-order valence-corrected chi connectivity index (χ3v) is 5.30. The molecule has 0 atom stereocenters. The number of aryl methyl sites for hydroxylation is 1. The number of amides is 1. The molecule has 35 heavy (non-hydrogen) atoms. The van der Waals surface area contributed by atoms with Crippen LogP contribution < -0.4 is 16.0 Å². The lowest BCUT2D eigenvalue weighted by Crippen LogP contribution is -2.33. The van der Waals surface area contributed by atoms with Gasteiger partial charge < -0.3 is 20.7 Å². The minimum Gasteiger partial charge on any atom is -0.481 e. The first kappa shape index (κ1) is 23.3. The molecule has 5 N–H and O–H groups in total. The van der Waals surface area contributed by atoms with E-state index in [9.17, 15) is 9.59 Å². The lowest BCUT2D eigenvalue weighted by Gasteiger charge is -2.21. The van der Waals surface area contributed by atoms with Crippen LogP contribution in [0, 0.1) is 5.41 Å². The van der Waals surface area contributed by atoms with Crippen molar-refractivity contribution in [2.45, 2.75) is 13.0 Å². The van der Waals surface area contributed by atoms with Crippen LogP contribution in [0.3, 0.4) is 0 Å². The molecule has 0 aliphatic heterocycles. The summed E-state index contributed by atoms with van der Waals surface area (Å²) in [5, 5.41) is 19.6. The summed E-state index contributed by atoms with van der Waals surface area (Å²) in [6.45, 7) is 0.339. The Labute approximate surface area is 200 Å². The third kappa shape index (κ3) is 5.21. The maximum Gasteiger partial charge on any atom is 0.305 e. The highest BCUT2D eigenvalue weighted by molar-refractivity contribution is 6.07. The number of nitrogens with one attached hydrogen (secondary N) is 2. The van der Waals surface area contributed by atoms with Crippen molar-refractivity contribution < 1.29 is 14.7 Å². The van der Waals surface area contributed by atoms with Crippen LogP contribution in [0.25, 0.3) is 11.0 Å². The number of carbonyl (C=O) groups excluding carboxylic acids is 1. The number of carboxylic acids is 1. The molecule has 0 unspecified atom stereocenters. The third-order valence-electron chi connectivity index (χ3n) is 5.30. The number of anilines is 2. The number of aliphatic carboxylic acids is 1. The number of fused-ring (bicyclic) bond motifs is 1. The Hall–Kier alpha value is -4.87. The number of hydrogen-bond donors (Lipinski definition) is 4. The number of hydrogen-bond acceptors (Lipinski definition) is 8. The van der Waals surface area contributed by atoms with Crippen LogP contribution in [0.2, 0.25) is 0 Å². The van der Waals surface area contributed by atoms with E-state index in [1.54, 1.807) is 42.6 Å². The van der Waals surface area contributed by atoms with E-state index >= 15 is 0 Å². The van der Waals surface area contributed by atoms with E-state index in [0.29, 0.717) is 40.8 Å². The topological polar surface area (TPSA) is 176 Å². The molecule has 4 rings (SSSR count). The predicted molar refractivity (Wildman–Crippen MR) is 129 cm³/mol. The van der Waals surface area contributed by atoms with Gasteiger partial charge in [0.25, 0.3) is 5.91 Å². The quantitative estimate of drug-likeness (QED) is 0.208. The van der Waals surface area contributed by atoms with Crippen molar-refractivity contribution in [1.82, 2.24) is 24.5 Å². The molecular weight excluding hydrogens is 450 g/mol. The van der Waals surface area contributed by atoms with Gasteiger partial charge in [-0.15, -0.1) is 0 Å². The Bertz CT molecular complexity index is 1380. The van der Waals surface area contributed by atoms with Crippen LogP contribution in [0.4, 0.5) is 11.6 Å². The molecule has 4 aromatic rings. The second kappa shape index (κ2) is 9.95. The monoisotopic (exact) mass is 473 g/mol. The van der Waals surface area contributed by atoms with Gasteiger partial charge in [0, 0.05) is 25.4 Å². The minimum atomic E-state index is -1.00. The van der Waals surface area contributed by atoms with Crippen LogP contribution in [0.15, 0.2) is 55.0 Å². The Balaban J connectivity index is 1.56. The largest absolute Gasteiger partial charge is 0.481 e. The zero-order valence-electron chi connectivity index (χ0n) is 18.8. The van der Waals surface area contributed by atoms with E-state index in [2.05, 4.69) is 25.3 Å². The van der Waals surface area contributed by atoms with Crippen LogP contribution in [0.1, 0.15) is 28.3 Å². The maximum absolute atomic E-state index is 13.3. The highest BCUT2D eigenvalue weighted by Crippen LogP contribution is 2.21. The number of nitrogen functional groups attached to an aromatic ring is 1. The predicted octanol–water partition coefficient (Wildman–Crippen LogP) is 1.78. The minimum absolute atomic E-state index is 0.00986. The van der Waals surface area contributed by atoms with Crippen molar-refractivity contribution >= 4 is 40.4 Å². The summed E-state index contributed by atoms with van der Waals surface area (Å²) in [5.41, 5.74) is 7.50. The van der Waals surface area contributed by atoms with E-state index in [1.165, 1.54) is 17.3 Å². The number of nitrogens with two attached hydrogens (primary N) is 1. The van der Waals surface area contributed by atoms with Gasteiger partial charge in [-0.2, -0.15) is 0 Å². The van der Waals surface area contributed by atoms with Crippen molar-refractivity contribution in [3.8, 4) is 0 Å². The number of carbonyl (C=O) groups is 2.